The molecule has 0 fully saturated rings. The first-order valence-electron chi connectivity index (χ1n) is 15.4. The molecule has 1 N–H and O–H groups in total. The SMILES string of the molecule is Cc1cc2c(c(-c3cc(F)c4c(c3C)CCCO4)c1[C@H](OC(C)(C)C)C(=O)O)CCN2C(=O)C1CCCc2ccccc21. The minimum atomic E-state index is -1.27. The zero-order chi connectivity index (χ0) is 30.6. The van der Waals surface area contributed by atoms with Gasteiger partial charge < -0.3 is 19.5 Å². The standard InChI is InChI=1S/C36H40FNO5/c1-20-18-29-26(15-16-38(29)34(39)25-13-8-11-22-10-6-7-12-24(22)25)31(30(20)33(35(40)41)43-36(3,4)5)27-19-28(37)32-23(21(27)2)14-9-17-42-32/h6-7,10,12,18-19,25,33H,8-9,11,13-17H2,1-5H3,(H,40,41)/t25?,33-/m0/s1. The summed E-state index contributed by atoms with van der Waals surface area (Å²) in [5, 5.41) is 10.5. The van der Waals surface area contributed by atoms with Gasteiger partial charge in [0, 0.05) is 23.4 Å². The average molecular weight is 586 g/mol. The van der Waals surface area contributed by atoms with Crippen LogP contribution >= 0.6 is 0 Å². The second-order valence-corrected chi connectivity index (χ2v) is 13.1. The quantitative estimate of drug-likeness (QED) is 0.338. The van der Waals surface area contributed by atoms with E-state index in [9.17, 15) is 14.7 Å². The normalized spacial score (nSPS) is 18.4. The van der Waals surface area contributed by atoms with Gasteiger partial charge in [0.25, 0.3) is 0 Å². The highest BCUT2D eigenvalue weighted by molar-refractivity contribution is 6.02. The number of carboxylic acids is 1. The molecule has 2 aliphatic heterocycles. The fourth-order valence-corrected chi connectivity index (χ4v) is 7.27. The molecule has 6 nitrogen and oxygen atoms in total. The van der Waals surface area contributed by atoms with Crippen LogP contribution in [0.3, 0.4) is 0 Å². The predicted molar refractivity (Wildman–Crippen MR) is 165 cm³/mol. The summed E-state index contributed by atoms with van der Waals surface area (Å²) in [6.45, 7) is 10.3. The van der Waals surface area contributed by atoms with Crippen molar-refractivity contribution in [3.63, 3.8) is 0 Å². The molecule has 0 bridgehead atoms. The van der Waals surface area contributed by atoms with E-state index in [-0.39, 0.29) is 17.6 Å². The second kappa shape index (κ2) is 11.1. The maximum atomic E-state index is 15.7. The molecule has 3 aliphatic rings. The molecule has 2 heterocycles. The molecule has 1 unspecified atom stereocenters. The Labute approximate surface area is 252 Å². The highest BCUT2D eigenvalue weighted by Gasteiger charge is 2.39. The molecule has 43 heavy (non-hydrogen) atoms. The summed E-state index contributed by atoms with van der Waals surface area (Å²) in [5.74, 6) is -1.44. The minimum Gasteiger partial charge on any atom is -0.490 e. The summed E-state index contributed by atoms with van der Waals surface area (Å²) in [6, 6.07) is 11.6. The number of nitrogens with zero attached hydrogens (tertiary/aromatic N) is 1. The number of benzene rings is 3. The molecule has 0 saturated carbocycles. The van der Waals surface area contributed by atoms with Gasteiger partial charge in [-0.2, -0.15) is 0 Å². The zero-order valence-electron chi connectivity index (χ0n) is 25.7. The Kier molecular flexibility index (Phi) is 7.57. The monoisotopic (exact) mass is 585 g/mol. The summed E-state index contributed by atoms with van der Waals surface area (Å²) >= 11 is 0. The zero-order valence-corrected chi connectivity index (χ0v) is 25.7. The van der Waals surface area contributed by atoms with Crippen molar-refractivity contribution in [3.8, 4) is 16.9 Å². The number of amides is 1. The third-order valence-corrected chi connectivity index (χ3v) is 9.13. The van der Waals surface area contributed by atoms with Gasteiger partial charge in [-0.05, 0) is 124 Å². The van der Waals surface area contributed by atoms with Crippen LogP contribution in [-0.4, -0.2) is 35.7 Å². The van der Waals surface area contributed by atoms with E-state index in [4.69, 9.17) is 9.47 Å². The molecule has 0 spiro atoms. The lowest BCUT2D eigenvalue weighted by Crippen LogP contribution is -2.35. The molecular weight excluding hydrogens is 545 g/mol. The van der Waals surface area contributed by atoms with Gasteiger partial charge in [-0.15, -0.1) is 0 Å². The lowest BCUT2D eigenvalue weighted by atomic mass is 9.81. The number of aliphatic carboxylic acids is 1. The molecule has 2 atom stereocenters. The molecule has 1 aliphatic carbocycles. The number of aryl methyl sites for hydroxylation is 2. The van der Waals surface area contributed by atoms with E-state index in [1.807, 2.05) is 57.7 Å². The minimum absolute atomic E-state index is 0.0615. The van der Waals surface area contributed by atoms with Crippen LogP contribution in [-0.2, 0) is 33.6 Å². The number of rotatable bonds is 5. The fourth-order valence-electron chi connectivity index (χ4n) is 7.27. The van der Waals surface area contributed by atoms with E-state index < -0.39 is 23.5 Å². The van der Waals surface area contributed by atoms with Crippen LogP contribution in [0.4, 0.5) is 10.1 Å². The number of carbonyl (C=O) groups is 2. The number of anilines is 1. The van der Waals surface area contributed by atoms with E-state index in [2.05, 4.69) is 12.1 Å². The number of ether oxygens (including phenoxy) is 2. The van der Waals surface area contributed by atoms with Crippen molar-refractivity contribution in [1.82, 2.24) is 0 Å². The van der Waals surface area contributed by atoms with Gasteiger partial charge in [0.15, 0.2) is 17.7 Å². The molecule has 0 aromatic heterocycles. The van der Waals surface area contributed by atoms with E-state index in [1.54, 1.807) is 0 Å². The maximum Gasteiger partial charge on any atom is 0.337 e. The van der Waals surface area contributed by atoms with Crippen molar-refractivity contribution >= 4 is 17.6 Å². The molecule has 7 heteroatoms. The molecule has 3 aromatic rings. The first-order chi connectivity index (χ1) is 20.5. The lowest BCUT2D eigenvalue weighted by molar-refractivity contribution is -0.160. The van der Waals surface area contributed by atoms with Crippen molar-refractivity contribution in [2.75, 3.05) is 18.1 Å². The number of hydrogen-bond donors (Lipinski definition) is 1. The van der Waals surface area contributed by atoms with Crippen molar-refractivity contribution in [3.05, 3.63) is 81.2 Å². The van der Waals surface area contributed by atoms with Crippen molar-refractivity contribution in [1.29, 1.82) is 0 Å². The first-order valence-corrected chi connectivity index (χ1v) is 15.4. The van der Waals surface area contributed by atoms with Crippen molar-refractivity contribution in [2.45, 2.75) is 90.8 Å². The highest BCUT2D eigenvalue weighted by atomic mass is 19.1. The van der Waals surface area contributed by atoms with Crippen LogP contribution in [0.15, 0.2) is 36.4 Å². The Balaban J connectivity index is 1.56. The lowest BCUT2D eigenvalue weighted by Gasteiger charge is -2.31. The highest BCUT2D eigenvalue weighted by Crippen LogP contribution is 2.48. The Morgan fingerprint density at radius 3 is 2.58 bits per heavy atom. The summed E-state index contributed by atoms with van der Waals surface area (Å²) in [7, 11) is 0. The van der Waals surface area contributed by atoms with E-state index in [0.717, 1.165) is 53.6 Å². The van der Waals surface area contributed by atoms with Crippen LogP contribution < -0.4 is 9.64 Å². The Hall–Kier alpha value is -3.71. The number of carboxylic acid groups (broad SMARTS) is 1. The molecule has 0 saturated heterocycles. The van der Waals surface area contributed by atoms with Crippen molar-refractivity contribution in [2.24, 2.45) is 0 Å². The molecule has 6 rings (SSSR count). The van der Waals surface area contributed by atoms with Crippen LogP contribution in [0, 0.1) is 19.7 Å². The largest absolute Gasteiger partial charge is 0.490 e. The third kappa shape index (κ3) is 5.22. The van der Waals surface area contributed by atoms with Crippen LogP contribution in [0.5, 0.6) is 5.75 Å². The first kappa shape index (κ1) is 29.4. The Bertz CT molecular complexity index is 1620. The molecule has 226 valence electrons. The van der Waals surface area contributed by atoms with Gasteiger partial charge in [-0.1, -0.05) is 24.3 Å². The Morgan fingerprint density at radius 1 is 1.07 bits per heavy atom. The van der Waals surface area contributed by atoms with Gasteiger partial charge >= 0.3 is 5.97 Å². The summed E-state index contributed by atoms with van der Waals surface area (Å²) in [6.07, 6.45) is 3.45. The number of fused-ring (bicyclic) bond motifs is 3. The number of halogens is 1. The summed E-state index contributed by atoms with van der Waals surface area (Å²) in [4.78, 5) is 28.9. The van der Waals surface area contributed by atoms with E-state index >= 15 is 4.39 Å². The molecule has 3 aromatic carbocycles. The Morgan fingerprint density at radius 2 is 1.84 bits per heavy atom. The van der Waals surface area contributed by atoms with Crippen LogP contribution in [0.25, 0.3) is 11.1 Å². The smallest absolute Gasteiger partial charge is 0.337 e. The average Bonchev–Trinajstić information content (AvgIpc) is 3.39. The topological polar surface area (TPSA) is 76.1 Å². The maximum absolute atomic E-state index is 15.7. The van der Waals surface area contributed by atoms with Gasteiger partial charge in [0.05, 0.1) is 18.1 Å². The number of hydrogen-bond acceptors (Lipinski definition) is 4. The van der Waals surface area contributed by atoms with Crippen LogP contribution in [0.2, 0.25) is 0 Å². The number of carbonyl (C=O) groups excluding carboxylic acids is 1. The van der Waals surface area contributed by atoms with Crippen LogP contribution in [0.1, 0.15) is 91.0 Å². The van der Waals surface area contributed by atoms with Crippen molar-refractivity contribution < 1.29 is 28.6 Å². The van der Waals surface area contributed by atoms with Gasteiger partial charge in [0.2, 0.25) is 5.91 Å². The molecular formula is C36H40FNO5. The molecule has 1 amide bonds. The second-order valence-electron chi connectivity index (χ2n) is 13.1. The summed E-state index contributed by atoms with van der Waals surface area (Å²) < 4.78 is 27.6. The molecule has 0 radical (unpaired) electrons. The predicted octanol–water partition coefficient (Wildman–Crippen LogP) is 7.38. The summed E-state index contributed by atoms with van der Waals surface area (Å²) in [5.41, 5.74) is 7.41. The fraction of sp³-hybridized carbons (Fsp3) is 0.444. The van der Waals surface area contributed by atoms with Gasteiger partial charge in [-0.25, -0.2) is 9.18 Å². The van der Waals surface area contributed by atoms with Gasteiger partial charge in [-0.3, -0.25) is 4.79 Å². The van der Waals surface area contributed by atoms with E-state index in [1.165, 1.54) is 11.6 Å². The van der Waals surface area contributed by atoms with E-state index in [0.29, 0.717) is 48.2 Å². The van der Waals surface area contributed by atoms with Gasteiger partial charge in [0.1, 0.15) is 0 Å². The third-order valence-electron chi connectivity index (χ3n) is 9.13.